The Morgan fingerprint density at radius 2 is 1.67 bits per heavy atom. The van der Waals surface area contributed by atoms with E-state index in [-0.39, 0.29) is 0 Å². The summed E-state index contributed by atoms with van der Waals surface area (Å²) in [6.07, 6.45) is 9.63. The first-order chi connectivity index (χ1) is 14.8. The number of para-hydroxylation sites is 1. The van der Waals surface area contributed by atoms with Gasteiger partial charge in [0.2, 0.25) is 5.82 Å². The van der Waals surface area contributed by atoms with Crippen LogP contribution in [0.5, 0.6) is 0 Å². The summed E-state index contributed by atoms with van der Waals surface area (Å²) < 4.78 is 0. The van der Waals surface area contributed by atoms with Crippen LogP contribution in [0.2, 0.25) is 0 Å². The van der Waals surface area contributed by atoms with E-state index in [0.717, 1.165) is 57.0 Å². The Kier molecular flexibility index (Phi) is 7.31. The Morgan fingerprint density at radius 3 is 2.37 bits per heavy atom. The maximum absolute atomic E-state index is 9.40. The summed E-state index contributed by atoms with van der Waals surface area (Å²) in [5.74, 6) is 0.857. The Hall–Kier alpha value is -2.45. The summed E-state index contributed by atoms with van der Waals surface area (Å²) in [7, 11) is 0. The van der Waals surface area contributed by atoms with Crippen LogP contribution in [0.4, 0.5) is 5.69 Å². The molecule has 1 aromatic heterocycles. The molecule has 158 valence electrons. The molecule has 0 amide bonds. The molecule has 0 bridgehead atoms. The first-order valence-electron chi connectivity index (χ1n) is 11.6. The van der Waals surface area contributed by atoms with E-state index in [1.807, 2.05) is 0 Å². The van der Waals surface area contributed by atoms with Crippen molar-refractivity contribution in [1.29, 1.82) is 5.26 Å². The highest BCUT2D eigenvalue weighted by atomic mass is 15.3. The highest BCUT2D eigenvalue weighted by Crippen LogP contribution is 2.31. The third-order valence-corrected chi connectivity index (χ3v) is 6.57. The summed E-state index contributed by atoms with van der Waals surface area (Å²) in [5, 5.41) is 9.40. The van der Waals surface area contributed by atoms with Gasteiger partial charge < -0.3 is 4.90 Å². The molecule has 1 saturated carbocycles. The van der Waals surface area contributed by atoms with Crippen molar-refractivity contribution in [1.82, 2.24) is 14.9 Å². The van der Waals surface area contributed by atoms with E-state index >= 15 is 0 Å². The zero-order valence-corrected chi connectivity index (χ0v) is 18.0. The van der Waals surface area contributed by atoms with E-state index in [1.165, 1.54) is 44.2 Å². The third-order valence-electron chi connectivity index (χ3n) is 6.57. The molecule has 1 aliphatic carbocycles. The van der Waals surface area contributed by atoms with Gasteiger partial charge in [-0.1, -0.05) is 43.9 Å². The molecule has 1 saturated heterocycles. The zero-order valence-electron chi connectivity index (χ0n) is 18.0. The van der Waals surface area contributed by atoms with Crippen molar-refractivity contribution >= 4 is 5.69 Å². The Morgan fingerprint density at radius 1 is 0.933 bits per heavy atom. The van der Waals surface area contributed by atoms with Crippen LogP contribution in [0, 0.1) is 11.3 Å². The number of hydrogen-bond donors (Lipinski definition) is 0. The van der Waals surface area contributed by atoms with Gasteiger partial charge in [0, 0.05) is 49.2 Å². The van der Waals surface area contributed by atoms with Crippen LogP contribution in [0.25, 0.3) is 0 Å². The van der Waals surface area contributed by atoms with Gasteiger partial charge in [-0.3, -0.25) is 4.90 Å². The van der Waals surface area contributed by atoms with Gasteiger partial charge in [-0.2, -0.15) is 5.26 Å². The minimum Gasteiger partial charge on any atom is -0.369 e. The summed E-state index contributed by atoms with van der Waals surface area (Å²) in [6, 6.07) is 15.1. The highest BCUT2D eigenvalue weighted by molar-refractivity contribution is 5.46. The fraction of sp³-hybridized carbons (Fsp3) is 0.560. The number of hydrogen-bond acceptors (Lipinski definition) is 5. The smallest absolute Gasteiger partial charge is 0.232 e. The average Bonchev–Trinajstić information content (AvgIpc) is 3.10. The van der Waals surface area contributed by atoms with Crippen LogP contribution >= 0.6 is 0 Å². The first kappa shape index (κ1) is 20.8. The van der Waals surface area contributed by atoms with Gasteiger partial charge in [-0.15, -0.1) is 0 Å². The van der Waals surface area contributed by atoms with Gasteiger partial charge in [-0.25, -0.2) is 9.97 Å². The van der Waals surface area contributed by atoms with Crippen LogP contribution < -0.4 is 4.90 Å². The molecule has 0 N–H and O–H groups in total. The molecule has 2 heterocycles. The van der Waals surface area contributed by atoms with Crippen molar-refractivity contribution in [3.63, 3.8) is 0 Å². The molecule has 2 aliphatic rings. The second kappa shape index (κ2) is 10.5. The van der Waals surface area contributed by atoms with Crippen molar-refractivity contribution in [2.75, 3.05) is 37.6 Å². The van der Waals surface area contributed by atoms with Crippen molar-refractivity contribution < 1.29 is 0 Å². The molecule has 0 radical (unpaired) electrons. The van der Waals surface area contributed by atoms with Crippen molar-refractivity contribution in [3.8, 4) is 6.07 Å². The van der Waals surface area contributed by atoms with E-state index in [4.69, 9.17) is 0 Å². The lowest BCUT2D eigenvalue weighted by atomic mass is 9.95. The summed E-state index contributed by atoms with van der Waals surface area (Å²) >= 11 is 0. The highest BCUT2D eigenvalue weighted by Gasteiger charge is 2.19. The van der Waals surface area contributed by atoms with Crippen LogP contribution in [-0.4, -0.2) is 47.6 Å². The predicted octanol–water partition coefficient (Wildman–Crippen LogP) is 4.54. The number of piperazine rings is 1. The van der Waals surface area contributed by atoms with Gasteiger partial charge >= 0.3 is 0 Å². The van der Waals surface area contributed by atoms with Gasteiger partial charge in [0.25, 0.3) is 0 Å². The number of aromatic nitrogens is 2. The fourth-order valence-electron chi connectivity index (χ4n) is 4.83. The van der Waals surface area contributed by atoms with Gasteiger partial charge in [-0.05, 0) is 50.4 Å². The van der Waals surface area contributed by atoms with Crippen LogP contribution in [0.3, 0.4) is 0 Å². The minimum absolute atomic E-state index is 0.350. The average molecular weight is 404 g/mol. The van der Waals surface area contributed by atoms with Gasteiger partial charge in [0.05, 0.1) is 0 Å². The van der Waals surface area contributed by atoms with Crippen LogP contribution in [0.15, 0.2) is 36.4 Å². The fourth-order valence-corrected chi connectivity index (χ4v) is 4.83. The predicted molar refractivity (Wildman–Crippen MR) is 121 cm³/mol. The summed E-state index contributed by atoms with van der Waals surface area (Å²) in [5.41, 5.74) is 3.48. The molecule has 0 unspecified atom stereocenters. The number of aryl methyl sites for hydroxylation is 1. The lowest BCUT2D eigenvalue weighted by Gasteiger charge is -2.36. The molecule has 2 fully saturated rings. The Balaban J connectivity index is 1.29. The molecular weight excluding hydrogens is 370 g/mol. The molecule has 0 atom stereocenters. The number of anilines is 1. The number of rotatable bonds is 6. The molecule has 5 heteroatoms. The maximum atomic E-state index is 9.40. The lowest BCUT2D eigenvalue weighted by Crippen LogP contribution is -2.46. The van der Waals surface area contributed by atoms with Gasteiger partial charge in [0.15, 0.2) is 0 Å². The normalized spacial score (nSPS) is 18.7. The molecule has 4 rings (SSSR count). The van der Waals surface area contributed by atoms with E-state index < -0.39 is 0 Å². The number of nitrogens with zero attached hydrogens (tertiary/aromatic N) is 5. The van der Waals surface area contributed by atoms with E-state index in [1.54, 1.807) is 0 Å². The minimum atomic E-state index is 0.350. The molecule has 2 aromatic rings. The van der Waals surface area contributed by atoms with E-state index in [2.05, 4.69) is 62.2 Å². The third kappa shape index (κ3) is 5.58. The Labute approximate surface area is 180 Å². The SMILES string of the molecule is N#Cc1nc(CCCN2CCN(c3ccccc3)CC2)cc(C2CCCCCC2)n1. The topological polar surface area (TPSA) is 56.1 Å². The molecule has 30 heavy (non-hydrogen) atoms. The standard InChI is InChI=1S/C25H33N5/c26-20-25-27-22(19-24(28-25)21-9-4-1-2-5-10-21)11-8-14-29-15-17-30(18-16-29)23-12-6-3-7-13-23/h3,6-7,12-13,19,21H,1-2,4-5,8-11,14-18H2. The molecule has 0 spiro atoms. The molecular formula is C25H33N5. The van der Waals surface area contributed by atoms with Crippen LogP contribution in [0.1, 0.15) is 68.1 Å². The van der Waals surface area contributed by atoms with Crippen molar-refractivity contribution in [2.45, 2.75) is 57.3 Å². The summed E-state index contributed by atoms with van der Waals surface area (Å²) in [6.45, 7) is 5.47. The van der Waals surface area contributed by atoms with Crippen LogP contribution in [-0.2, 0) is 6.42 Å². The quantitative estimate of drug-likeness (QED) is 0.663. The zero-order chi connectivity index (χ0) is 20.6. The van der Waals surface area contributed by atoms with Gasteiger partial charge in [0.1, 0.15) is 6.07 Å². The van der Waals surface area contributed by atoms with E-state index in [0.29, 0.717) is 11.7 Å². The number of benzene rings is 1. The van der Waals surface area contributed by atoms with E-state index in [9.17, 15) is 5.26 Å². The second-order valence-electron chi connectivity index (χ2n) is 8.68. The largest absolute Gasteiger partial charge is 0.369 e. The van der Waals surface area contributed by atoms with Crippen molar-refractivity contribution in [2.24, 2.45) is 0 Å². The second-order valence-corrected chi connectivity index (χ2v) is 8.68. The van der Waals surface area contributed by atoms with Crippen molar-refractivity contribution in [3.05, 3.63) is 53.6 Å². The monoisotopic (exact) mass is 403 g/mol. The molecule has 1 aromatic carbocycles. The maximum Gasteiger partial charge on any atom is 0.232 e. The number of nitriles is 1. The summed E-state index contributed by atoms with van der Waals surface area (Å²) in [4.78, 5) is 14.1. The Bertz CT molecular complexity index is 828. The lowest BCUT2D eigenvalue weighted by molar-refractivity contribution is 0.255. The molecule has 5 nitrogen and oxygen atoms in total. The first-order valence-corrected chi connectivity index (χ1v) is 11.6. The molecule has 1 aliphatic heterocycles.